The van der Waals surface area contributed by atoms with Crippen LogP contribution in [0.4, 0.5) is 5.82 Å². The van der Waals surface area contributed by atoms with E-state index in [1.165, 1.54) is 64.6 Å². The van der Waals surface area contributed by atoms with Gasteiger partial charge in [-0.1, -0.05) is 32.6 Å². The van der Waals surface area contributed by atoms with Gasteiger partial charge in [0, 0.05) is 19.3 Å². The number of nitrogens with zero attached hydrogens (tertiary/aromatic N) is 3. The van der Waals surface area contributed by atoms with Crippen molar-refractivity contribution in [2.24, 2.45) is 0 Å². The Bertz CT molecular complexity index is 353. The lowest BCUT2D eigenvalue weighted by Gasteiger charge is -2.32. The van der Waals surface area contributed by atoms with Gasteiger partial charge in [0.25, 0.3) is 0 Å². The number of nitrogens with two attached hydrogens (primary N) is 1. The second-order valence-electron chi connectivity index (χ2n) is 5.71. The molecule has 0 aliphatic carbocycles. The summed E-state index contributed by atoms with van der Waals surface area (Å²) >= 11 is 0. The number of aromatic nitrogens is 2. The maximum absolute atomic E-state index is 5.68. The third kappa shape index (κ3) is 4.53. The average molecular weight is 264 g/mol. The molecule has 0 unspecified atom stereocenters. The van der Waals surface area contributed by atoms with Gasteiger partial charge in [0.15, 0.2) is 0 Å². The van der Waals surface area contributed by atoms with Crippen molar-refractivity contribution in [3.05, 3.63) is 12.3 Å². The second kappa shape index (κ2) is 7.53. The van der Waals surface area contributed by atoms with Crippen molar-refractivity contribution in [3.8, 4) is 0 Å². The van der Waals surface area contributed by atoms with Gasteiger partial charge in [-0.25, -0.2) is 0 Å². The molecule has 4 nitrogen and oxygen atoms in total. The zero-order valence-electron chi connectivity index (χ0n) is 12.2. The average Bonchev–Trinajstić information content (AvgIpc) is 2.86. The fourth-order valence-corrected chi connectivity index (χ4v) is 2.90. The van der Waals surface area contributed by atoms with Gasteiger partial charge in [-0.2, -0.15) is 5.10 Å². The molecule has 2 rings (SSSR count). The molecule has 1 fully saturated rings. The predicted molar refractivity (Wildman–Crippen MR) is 80.1 cm³/mol. The molecule has 1 aromatic heterocycles. The Balaban J connectivity index is 1.62. The van der Waals surface area contributed by atoms with Gasteiger partial charge in [0.2, 0.25) is 0 Å². The number of likely N-dealkylation sites (tertiary alicyclic amines) is 1. The standard InChI is InChI=1S/C15H28N4/c1-2-3-4-5-6-10-18-11-7-14(8-12-18)19-13-9-15(16)17-19/h9,13-14H,2-8,10-12H2,1H3,(H2,16,17). The highest BCUT2D eigenvalue weighted by Gasteiger charge is 2.20. The van der Waals surface area contributed by atoms with Crippen LogP contribution in [0, 0.1) is 0 Å². The zero-order valence-corrected chi connectivity index (χ0v) is 12.2. The fraction of sp³-hybridized carbons (Fsp3) is 0.800. The molecule has 0 spiro atoms. The highest BCUT2D eigenvalue weighted by Crippen LogP contribution is 2.22. The quantitative estimate of drug-likeness (QED) is 0.770. The van der Waals surface area contributed by atoms with Gasteiger partial charge in [0.1, 0.15) is 5.82 Å². The minimum atomic E-state index is 0.550. The van der Waals surface area contributed by atoms with Crippen molar-refractivity contribution >= 4 is 5.82 Å². The van der Waals surface area contributed by atoms with Crippen LogP contribution in [0.1, 0.15) is 57.9 Å². The number of anilines is 1. The molecular weight excluding hydrogens is 236 g/mol. The summed E-state index contributed by atoms with van der Waals surface area (Å²) < 4.78 is 2.05. The third-order valence-electron chi connectivity index (χ3n) is 4.14. The first-order chi connectivity index (χ1) is 9.29. The Morgan fingerprint density at radius 2 is 1.95 bits per heavy atom. The van der Waals surface area contributed by atoms with Crippen LogP contribution in [0.5, 0.6) is 0 Å². The van der Waals surface area contributed by atoms with Gasteiger partial charge < -0.3 is 10.6 Å². The van der Waals surface area contributed by atoms with Gasteiger partial charge in [-0.15, -0.1) is 0 Å². The maximum Gasteiger partial charge on any atom is 0.145 e. The van der Waals surface area contributed by atoms with E-state index in [0.29, 0.717) is 11.9 Å². The van der Waals surface area contributed by atoms with Crippen molar-refractivity contribution in [2.75, 3.05) is 25.4 Å². The predicted octanol–water partition coefficient (Wildman–Crippen LogP) is 3.07. The Hall–Kier alpha value is -1.03. The van der Waals surface area contributed by atoms with E-state index in [-0.39, 0.29) is 0 Å². The largest absolute Gasteiger partial charge is 0.382 e. The topological polar surface area (TPSA) is 47.1 Å². The number of rotatable bonds is 7. The molecule has 1 saturated heterocycles. The monoisotopic (exact) mass is 264 g/mol. The smallest absolute Gasteiger partial charge is 0.145 e. The van der Waals surface area contributed by atoms with Crippen LogP contribution >= 0.6 is 0 Å². The molecular formula is C15H28N4. The van der Waals surface area contributed by atoms with E-state index in [2.05, 4.69) is 16.9 Å². The molecule has 0 saturated carbocycles. The molecule has 1 aromatic rings. The Morgan fingerprint density at radius 1 is 1.21 bits per heavy atom. The highest BCUT2D eigenvalue weighted by molar-refractivity contribution is 5.24. The summed E-state index contributed by atoms with van der Waals surface area (Å²) in [5.74, 6) is 0.637. The van der Waals surface area contributed by atoms with E-state index < -0.39 is 0 Å². The molecule has 1 aliphatic rings. The van der Waals surface area contributed by atoms with Gasteiger partial charge >= 0.3 is 0 Å². The summed E-state index contributed by atoms with van der Waals surface area (Å²) in [6, 6.07) is 2.44. The lowest BCUT2D eigenvalue weighted by Crippen LogP contribution is -2.35. The number of hydrogen-bond donors (Lipinski definition) is 1. The normalized spacial score (nSPS) is 17.9. The minimum absolute atomic E-state index is 0.550. The molecule has 2 N–H and O–H groups in total. The van der Waals surface area contributed by atoms with Crippen molar-refractivity contribution in [3.63, 3.8) is 0 Å². The first-order valence-corrected chi connectivity index (χ1v) is 7.82. The van der Waals surface area contributed by atoms with Crippen LogP contribution in [0.2, 0.25) is 0 Å². The summed E-state index contributed by atoms with van der Waals surface area (Å²) in [5.41, 5.74) is 5.68. The second-order valence-corrected chi connectivity index (χ2v) is 5.71. The molecule has 0 amide bonds. The fourth-order valence-electron chi connectivity index (χ4n) is 2.90. The maximum atomic E-state index is 5.68. The third-order valence-corrected chi connectivity index (χ3v) is 4.14. The lowest BCUT2D eigenvalue weighted by atomic mass is 10.0. The van der Waals surface area contributed by atoms with Crippen LogP contribution < -0.4 is 5.73 Å². The van der Waals surface area contributed by atoms with Crippen molar-refractivity contribution in [1.82, 2.24) is 14.7 Å². The molecule has 0 aromatic carbocycles. The lowest BCUT2D eigenvalue weighted by molar-refractivity contribution is 0.177. The molecule has 1 aliphatic heterocycles. The Morgan fingerprint density at radius 3 is 2.58 bits per heavy atom. The molecule has 0 atom stereocenters. The summed E-state index contributed by atoms with van der Waals surface area (Å²) in [5, 5.41) is 4.33. The number of nitrogen functional groups attached to an aromatic ring is 1. The molecule has 0 bridgehead atoms. The van der Waals surface area contributed by atoms with E-state index in [0.717, 1.165) is 0 Å². The van der Waals surface area contributed by atoms with Crippen LogP contribution in [0.25, 0.3) is 0 Å². The summed E-state index contributed by atoms with van der Waals surface area (Å²) in [4.78, 5) is 2.61. The summed E-state index contributed by atoms with van der Waals surface area (Å²) in [7, 11) is 0. The minimum Gasteiger partial charge on any atom is -0.382 e. The first-order valence-electron chi connectivity index (χ1n) is 7.82. The number of piperidine rings is 1. The van der Waals surface area contributed by atoms with E-state index in [9.17, 15) is 0 Å². The molecule has 108 valence electrons. The Kier molecular flexibility index (Phi) is 5.70. The number of unbranched alkanes of at least 4 members (excludes halogenated alkanes) is 4. The van der Waals surface area contributed by atoms with Gasteiger partial charge in [0.05, 0.1) is 6.04 Å². The molecule has 4 heteroatoms. The van der Waals surface area contributed by atoms with Gasteiger partial charge in [-0.05, 0) is 31.9 Å². The first kappa shape index (κ1) is 14.4. The van der Waals surface area contributed by atoms with E-state index in [1.54, 1.807) is 0 Å². The summed E-state index contributed by atoms with van der Waals surface area (Å²) in [6.07, 6.45) is 11.3. The number of hydrogen-bond acceptors (Lipinski definition) is 3. The van der Waals surface area contributed by atoms with Crippen LogP contribution in [-0.2, 0) is 0 Å². The molecule has 19 heavy (non-hydrogen) atoms. The van der Waals surface area contributed by atoms with Crippen LogP contribution in [0.15, 0.2) is 12.3 Å². The molecule has 2 heterocycles. The van der Waals surface area contributed by atoms with E-state index in [1.807, 2.05) is 16.9 Å². The zero-order chi connectivity index (χ0) is 13.5. The van der Waals surface area contributed by atoms with Crippen molar-refractivity contribution in [2.45, 2.75) is 57.9 Å². The van der Waals surface area contributed by atoms with Crippen LogP contribution in [-0.4, -0.2) is 34.3 Å². The van der Waals surface area contributed by atoms with E-state index in [4.69, 9.17) is 5.73 Å². The van der Waals surface area contributed by atoms with Crippen molar-refractivity contribution < 1.29 is 0 Å². The molecule has 0 radical (unpaired) electrons. The van der Waals surface area contributed by atoms with Gasteiger partial charge in [-0.3, -0.25) is 4.68 Å². The van der Waals surface area contributed by atoms with E-state index >= 15 is 0 Å². The van der Waals surface area contributed by atoms with Crippen LogP contribution in [0.3, 0.4) is 0 Å². The highest BCUT2D eigenvalue weighted by atomic mass is 15.3. The Labute approximate surface area is 117 Å². The SMILES string of the molecule is CCCCCCCN1CCC(n2ccc(N)n2)CC1. The van der Waals surface area contributed by atoms with Crippen molar-refractivity contribution in [1.29, 1.82) is 0 Å². The summed E-state index contributed by atoms with van der Waals surface area (Å²) in [6.45, 7) is 5.96.